The van der Waals surface area contributed by atoms with Crippen LogP contribution in [-0.4, -0.2) is 13.0 Å². The highest BCUT2D eigenvalue weighted by molar-refractivity contribution is 6.04. The third kappa shape index (κ3) is 4.91. The molecule has 3 N–H and O–H groups in total. The first-order valence-electron chi connectivity index (χ1n) is 7.37. The van der Waals surface area contributed by atoms with Gasteiger partial charge in [0.1, 0.15) is 5.69 Å². The summed E-state index contributed by atoms with van der Waals surface area (Å²) in [5, 5.41) is 3.45. The van der Waals surface area contributed by atoms with Crippen LogP contribution in [0.1, 0.15) is 21.5 Å². The Kier molecular flexibility index (Phi) is 5.69. The fourth-order valence-corrected chi connectivity index (χ4v) is 2.27. The van der Waals surface area contributed by atoms with Crippen molar-refractivity contribution in [3.63, 3.8) is 0 Å². The number of methoxy groups -OCH3 is 1. The maximum Gasteiger partial charge on any atom is 0.416 e. The Hall–Kier alpha value is -2.75. The van der Waals surface area contributed by atoms with Gasteiger partial charge in [-0.25, -0.2) is 0 Å². The number of nitrogens with one attached hydrogen (secondary N) is 1. The smallest absolute Gasteiger partial charge is 0.416 e. The van der Waals surface area contributed by atoms with Crippen LogP contribution in [0.3, 0.4) is 0 Å². The Morgan fingerprint density at radius 3 is 2.00 bits per heavy atom. The average Bonchev–Trinajstić information content (AvgIpc) is 2.59. The Balaban J connectivity index is 2.40. The fraction of sp³-hybridized carbons (Fsp3) is 0.176. The van der Waals surface area contributed by atoms with Gasteiger partial charge in [-0.1, -0.05) is 0 Å². The van der Waals surface area contributed by atoms with Crippen molar-refractivity contribution < 1.29 is 41.2 Å². The van der Waals surface area contributed by atoms with Crippen LogP contribution >= 0.6 is 0 Å². The second-order valence-electron chi connectivity index (χ2n) is 5.41. The van der Waals surface area contributed by atoms with Crippen molar-refractivity contribution in [3.05, 3.63) is 60.1 Å². The van der Waals surface area contributed by atoms with Gasteiger partial charge in [-0.2, -0.15) is 26.3 Å². The molecule has 0 fully saturated rings. The highest BCUT2D eigenvalue weighted by Gasteiger charge is 2.37. The van der Waals surface area contributed by atoms with Crippen molar-refractivity contribution in [1.29, 1.82) is 0 Å². The number of amides is 1. The SMILES string of the molecule is [CH2-][NH2+]c1cc(C(=O)Nc2cc(C(F)(F)F)cc(C(F)(F)F)c2)ccc1OC. The molecule has 0 atom stereocenters. The van der Waals surface area contributed by atoms with Crippen LogP contribution in [0.25, 0.3) is 0 Å². The molecular weight excluding hydrogens is 378 g/mol. The quantitative estimate of drug-likeness (QED) is 0.470. The maximum atomic E-state index is 12.9. The normalized spacial score (nSPS) is 12.0. The molecule has 0 aliphatic carbocycles. The summed E-state index contributed by atoms with van der Waals surface area (Å²) in [7, 11) is 4.93. The third-order valence-electron chi connectivity index (χ3n) is 3.56. The Labute approximate surface area is 150 Å². The third-order valence-corrected chi connectivity index (χ3v) is 3.56. The summed E-state index contributed by atoms with van der Waals surface area (Å²) in [5.41, 5.74) is -3.22. The van der Waals surface area contributed by atoms with Crippen LogP contribution in [-0.2, 0) is 12.4 Å². The summed E-state index contributed by atoms with van der Waals surface area (Å²) >= 11 is 0. The number of quaternary nitrogens is 1. The molecule has 0 saturated carbocycles. The summed E-state index contributed by atoms with van der Waals surface area (Å²) in [6, 6.07) is 4.95. The highest BCUT2D eigenvalue weighted by atomic mass is 19.4. The molecule has 0 aliphatic heterocycles. The van der Waals surface area contributed by atoms with E-state index in [2.05, 4.69) is 12.4 Å². The fourth-order valence-electron chi connectivity index (χ4n) is 2.27. The van der Waals surface area contributed by atoms with E-state index in [-0.39, 0.29) is 11.6 Å². The standard InChI is InChI=1S/C17H14F6N2O2/c1-24-13-5-9(3-4-14(13)27-2)15(26)25-12-7-10(16(18,19)20)6-11(8-12)17(21,22)23/h3-8H,1,24H2,2H3,(H,25,26). The van der Waals surface area contributed by atoms with Crippen LogP contribution in [0, 0.1) is 7.05 Å². The zero-order chi connectivity index (χ0) is 20.4. The minimum atomic E-state index is -5.00. The Morgan fingerprint density at radius 2 is 1.56 bits per heavy atom. The first-order valence-corrected chi connectivity index (χ1v) is 7.37. The molecule has 27 heavy (non-hydrogen) atoms. The number of ether oxygens (including phenoxy) is 1. The number of rotatable bonds is 4. The molecule has 0 radical (unpaired) electrons. The number of halogens is 6. The summed E-state index contributed by atoms with van der Waals surface area (Å²) in [5.74, 6) is -0.479. The molecule has 0 spiro atoms. The van der Waals surface area contributed by atoms with E-state index in [4.69, 9.17) is 4.74 Å². The highest BCUT2D eigenvalue weighted by Crippen LogP contribution is 2.37. The predicted molar refractivity (Wildman–Crippen MR) is 84.3 cm³/mol. The van der Waals surface area contributed by atoms with Crippen molar-refractivity contribution in [2.75, 3.05) is 12.4 Å². The molecule has 0 aromatic heterocycles. The van der Waals surface area contributed by atoms with Gasteiger partial charge in [-0.05, 0) is 30.3 Å². The molecule has 2 aromatic carbocycles. The molecule has 0 unspecified atom stereocenters. The molecule has 1 amide bonds. The second kappa shape index (κ2) is 7.47. The van der Waals surface area contributed by atoms with Crippen LogP contribution in [0.2, 0.25) is 0 Å². The maximum absolute atomic E-state index is 12.9. The number of hydrogen-bond donors (Lipinski definition) is 2. The molecule has 0 aliphatic rings. The lowest BCUT2D eigenvalue weighted by molar-refractivity contribution is -0.505. The molecule has 2 rings (SSSR count). The van der Waals surface area contributed by atoms with Gasteiger partial charge in [0, 0.05) is 17.3 Å². The molecule has 0 saturated heterocycles. The van der Waals surface area contributed by atoms with E-state index >= 15 is 0 Å². The summed E-state index contributed by atoms with van der Waals surface area (Å²) in [6.07, 6.45) is -10.0. The van der Waals surface area contributed by atoms with Crippen LogP contribution < -0.4 is 15.4 Å². The van der Waals surface area contributed by atoms with E-state index in [1.54, 1.807) is 0 Å². The molecule has 146 valence electrons. The number of nitrogens with two attached hydrogens (primary N) is 1. The van der Waals surface area contributed by atoms with Crippen molar-refractivity contribution in [3.8, 4) is 5.75 Å². The first kappa shape index (κ1) is 20.6. The predicted octanol–water partition coefficient (Wildman–Crippen LogP) is 3.97. The van der Waals surface area contributed by atoms with Crippen molar-refractivity contribution in [2.45, 2.75) is 12.4 Å². The molecule has 2 aromatic rings. The molecule has 0 heterocycles. The summed E-state index contributed by atoms with van der Waals surface area (Å²) in [6.45, 7) is 0. The number of hydrogen-bond acceptors (Lipinski definition) is 2. The molecule has 4 nitrogen and oxygen atoms in total. The van der Waals surface area contributed by atoms with E-state index in [1.165, 1.54) is 30.6 Å². The lowest BCUT2D eigenvalue weighted by Gasteiger charge is -2.15. The lowest BCUT2D eigenvalue weighted by Crippen LogP contribution is -2.69. The number of anilines is 1. The molecular formula is C17H14F6N2O2. The minimum Gasteiger partial charge on any atom is -0.491 e. The largest absolute Gasteiger partial charge is 0.491 e. The van der Waals surface area contributed by atoms with Crippen LogP contribution in [0.4, 0.5) is 37.7 Å². The lowest BCUT2D eigenvalue weighted by atomic mass is 10.1. The van der Waals surface area contributed by atoms with Gasteiger partial charge in [0.05, 0.1) is 18.2 Å². The molecule has 10 heteroatoms. The Bertz CT molecular complexity index is 814. The first-order chi connectivity index (χ1) is 12.5. The topological polar surface area (TPSA) is 54.9 Å². The minimum absolute atomic E-state index is 0.0108. The zero-order valence-corrected chi connectivity index (χ0v) is 13.8. The van der Waals surface area contributed by atoms with Crippen LogP contribution in [0.15, 0.2) is 36.4 Å². The zero-order valence-electron chi connectivity index (χ0n) is 13.8. The van der Waals surface area contributed by atoms with Crippen molar-refractivity contribution in [2.24, 2.45) is 0 Å². The van der Waals surface area contributed by atoms with E-state index in [9.17, 15) is 31.1 Å². The number of benzene rings is 2. The van der Waals surface area contributed by atoms with Gasteiger partial charge in [0.2, 0.25) is 0 Å². The van der Waals surface area contributed by atoms with E-state index in [0.717, 1.165) is 0 Å². The van der Waals surface area contributed by atoms with E-state index < -0.39 is 35.1 Å². The van der Waals surface area contributed by atoms with Gasteiger partial charge in [0.25, 0.3) is 5.91 Å². The van der Waals surface area contributed by atoms with Crippen molar-refractivity contribution in [1.82, 2.24) is 0 Å². The van der Waals surface area contributed by atoms with Gasteiger partial charge in [-0.15, -0.1) is 7.05 Å². The van der Waals surface area contributed by atoms with Crippen molar-refractivity contribution >= 4 is 17.3 Å². The second-order valence-corrected chi connectivity index (χ2v) is 5.41. The summed E-state index contributed by atoms with van der Waals surface area (Å²) in [4.78, 5) is 12.3. The number of carbonyl (C=O) groups is 1. The van der Waals surface area contributed by atoms with E-state index in [1.807, 2.05) is 0 Å². The monoisotopic (exact) mass is 392 g/mol. The van der Waals surface area contributed by atoms with Gasteiger partial charge < -0.3 is 15.4 Å². The Morgan fingerprint density at radius 1 is 1.00 bits per heavy atom. The van der Waals surface area contributed by atoms with Gasteiger partial charge in [0.15, 0.2) is 5.75 Å². The number of alkyl halides is 6. The van der Waals surface area contributed by atoms with E-state index in [0.29, 0.717) is 23.6 Å². The van der Waals surface area contributed by atoms with Crippen LogP contribution in [0.5, 0.6) is 5.75 Å². The average molecular weight is 392 g/mol. The number of carbonyl (C=O) groups excluding carboxylic acids is 1. The van der Waals surface area contributed by atoms with Gasteiger partial charge in [-0.3, -0.25) is 4.79 Å². The summed E-state index contributed by atoms with van der Waals surface area (Å²) < 4.78 is 82.3. The molecule has 0 bridgehead atoms. The van der Waals surface area contributed by atoms with Gasteiger partial charge >= 0.3 is 12.4 Å².